The minimum absolute atomic E-state index is 0.000578. The number of carbonyl (C=O) groups excluding carboxylic acids is 2. The predicted octanol–water partition coefficient (Wildman–Crippen LogP) is 2.33. The highest BCUT2D eigenvalue weighted by Gasteiger charge is 2.29. The first-order valence-corrected chi connectivity index (χ1v) is 11.7. The van der Waals surface area contributed by atoms with Crippen LogP contribution in [-0.2, 0) is 21.4 Å². The summed E-state index contributed by atoms with van der Waals surface area (Å²) in [7, 11) is -3.71. The van der Waals surface area contributed by atoms with E-state index in [0.29, 0.717) is 19.6 Å². The normalized spacial score (nSPS) is 15.4. The van der Waals surface area contributed by atoms with Crippen LogP contribution in [0.3, 0.4) is 0 Å². The maximum atomic E-state index is 12.8. The van der Waals surface area contributed by atoms with Crippen molar-refractivity contribution in [3.05, 3.63) is 64.1 Å². The molecule has 2 N–H and O–H groups in total. The first-order chi connectivity index (χ1) is 14.8. The molecular formula is C20H22Cl2N4O4S. The Labute approximate surface area is 191 Å². The van der Waals surface area contributed by atoms with Gasteiger partial charge in [-0.05, 0) is 23.8 Å². The summed E-state index contributed by atoms with van der Waals surface area (Å²) in [4.78, 5) is 25.9. The third-order valence-electron chi connectivity index (χ3n) is 4.78. The molecule has 0 saturated carbocycles. The molecule has 0 aromatic heterocycles. The molecule has 11 heteroatoms. The largest absolute Gasteiger partial charge is 0.334 e. The van der Waals surface area contributed by atoms with E-state index in [2.05, 4.69) is 10.6 Å². The maximum absolute atomic E-state index is 12.8. The van der Waals surface area contributed by atoms with Crippen LogP contribution >= 0.6 is 23.2 Å². The van der Waals surface area contributed by atoms with Crippen molar-refractivity contribution in [2.45, 2.75) is 11.4 Å². The van der Waals surface area contributed by atoms with Crippen molar-refractivity contribution in [3.63, 3.8) is 0 Å². The van der Waals surface area contributed by atoms with Crippen LogP contribution in [0.1, 0.15) is 5.56 Å². The molecule has 0 spiro atoms. The molecule has 31 heavy (non-hydrogen) atoms. The molecule has 1 heterocycles. The van der Waals surface area contributed by atoms with Gasteiger partial charge in [-0.15, -0.1) is 0 Å². The van der Waals surface area contributed by atoms with Gasteiger partial charge in [-0.1, -0.05) is 53.5 Å². The number of amides is 3. The average Bonchev–Trinajstić information content (AvgIpc) is 2.75. The summed E-state index contributed by atoms with van der Waals surface area (Å²) >= 11 is 11.8. The number of hydrogen-bond acceptors (Lipinski definition) is 5. The van der Waals surface area contributed by atoms with Crippen molar-refractivity contribution in [3.8, 4) is 0 Å². The lowest BCUT2D eigenvalue weighted by atomic mass is 10.2. The Morgan fingerprint density at radius 3 is 2.26 bits per heavy atom. The Bertz CT molecular complexity index is 1040. The zero-order valence-electron chi connectivity index (χ0n) is 16.6. The Morgan fingerprint density at radius 2 is 1.61 bits per heavy atom. The molecule has 0 radical (unpaired) electrons. The minimum atomic E-state index is -3.71. The highest BCUT2D eigenvalue weighted by atomic mass is 35.5. The molecule has 0 atom stereocenters. The molecule has 1 saturated heterocycles. The van der Waals surface area contributed by atoms with Gasteiger partial charge < -0.3 is 5.32 Å². The van der Waals surface area contributed by atoms with Crippen LogP contribution < -0.4 is 10.6 Å². The first kappa shape index (κ1) is 23.5. The second-order valence-corrected chi connectivity index (χ2v) is 9.72. The van der Waals surface area contributed by atoms with Gasteiger partial charge >= 0.3 is 6.03 Å². The second-order valence-electron chi connectivity index (χ2n) is 6.97. The van der Waals surface area contributed by atoms with Crippen LogP contribution in [0.25, 0.3) is 0 Å². The molecule has 166 valence electrons. The van der Waals surface area contributed by atoms with E-state index in [9.17, 15) is 18.0 Å². The minimum Gasteiger partial charge on any atom is -0.334 e. The van der Waals surface area contributed by atoms with Gasteiger partial charge in [0.05, 0.1) is 21.5 Å². The summed E-state index contributed by atoms with van der Waals surface area (Å²) in [6.07, 6.45) is 0. The highest BCUT2D eigenvalue weighted by molar-refractivity contribution is 7.89. The molecule has 1 aliphatic heterocycles. The van der Waals surface area contributed by atoms with Gasteiger partial charge in [0.1, 0.15) is 0 Å². The molecule has 3 amide bonds. The number of nitrogens with one attached hydrogen (secondary N) is 2. The van der Waals surface area contributed by atoms with Crippen molar-refractivity contribution in [1.82, 2.24) is 19.8 Å². The van der Waals surface area contributed by atoms with Crippen molar-refractivity contribution >= 4 is 45.2 Å². The van der Waals surface area contributed by atoms with Crippen molar-refractivity contribution in [2.24, 2.45) is 0 Å². The number of piperazine rings is 1. The zero-order chi connectivity index (χ0) is 22.4. The number of imide groups is 1. The number of nitrogens with zero attached hydrogens (tertiary/aromatic N) is 2. The Balaban J connectivity index is 1.45. The van der Waals surface area contributed by atoms with Crippen molar-refractivity contribution in [2.75, 3.05) is 32.7 Å². The SMILES string of the molecule is O=C(CN1CCN(S(=O)(=O)c2ccc(Cl)c(Cl)c2)CC1)NC(=O)NCc1ccccc1. The summed E-state index contributed by atoms with van der Waals surface area (Å²) in [6, 6.07) is 13.0. The van der Waals surface area contributed by atoms with E-state index in [1.54, 1.807) is 4.90 Å². The van der Waals surface area contributed by atoms with Crippen LogP contribution in [0.2, 0.25) is 10.0 Å². The zero-order valence-corrected chi connectivity index (χ0v) is 18.9. The average molecular weight is 485 g/mol. The van der Waals surface area contributed by atoms with E-state index in [-0.39, 0.29) is 34.6 Å². The molecule has 1 fully saturated rings. The van der Waals surface area contributed by atoms with E-state index >= 15 is 0 Å². The first-order valence-electron chi connectivity index (χ1n) is 9.55. The quantitative estimate of drug-likeness (QED) is 0.655. The van der Waals surface area contributed by atoms with Gasteiger partial charge in [-0.3, -0.25) is 15.0 Å². The van der Waals surface area contributed by atoms with Gasteiger partial charge in [0.2, 0.25) is 15.9 Å². The molecular weight excluding hydrogens is 463 g/mol. The van der Waals surface area contributed by atoms with E-state index in [1.807, 2.05) is 30.3 Å². The highest BCUT2D eigenvalue weighted by Crippen LogP contribution is 2.27. The number of urea groups is 1. The molecule has 1 aliphatic rings. The van der Waals surface area contributed by atoms with E-state index in [1.165, 1.54) is 22.5 Å². The van der Waals surface area contributed by atoms with Gasteiger partial charge in [0.15, 0.2) is 0 Å². The smallest absolute Gasteiger partial charge is 0.321 e. The fourth-order valence-corrected chi connectivity index (χ4v) is 4.92. The van der Waals surface area contributed by atoms with Crippen LogP contribution in [0, 0.1) is 0 Å². The van der Waals surface area contributed by atoms with Crippen molar-refractivity contribution < 1.29 is 18.0 Å². The molecule has 0 unspecified atom stereocenters. The monoisotopic (exact) mass is 484 g/mol. The van der Waals surface area contributed by atoms with E-state index in [4.69, 9.17) is 23.2 Å². The number of halogens is 2. The summed E-state index contributed by atoms with van der Waals surface area (Å²) in [5.74, 6) is -0.452. The number of hydrogen-bond donors (Lipinski definition) is 2. The standard InChI is InChI=1S/C20H22Cl2N4O4S/c21-17-7-6-16(12-18(17)22)31(29,30)26-10-8-25(9-11-26)14-19(27)24-20(28)23-13-15-4-2-1-3-5-15/h1-7,12H,8-11,13-14H2,(H2,23,24,27,28). The fourth-order valence-electron chi connectivity index (χ4n) is 3.11. The third kappa shape index (κ3) is 6.41. The summed E-state index contributed by atoms with van der Waals surface area (Å²) < 4.78 is 26.9. The van der Waals surface area contributed by atoms with Gasteiger partial charge in [-0.25, -0.2) is 13.2 Å². The molecule has 0 bridgehead atoms. The lowest BCUT2D eigenvalue weighted by molar-refractivity contribution is -0.121. The van der Waals surface area contributed by atoms with E-state index in [0.717, 1.165) is 5.56 Å². The number of rotatable bonds is 6. The van der Waals surface area contributed by atoms with Gasteiger partial charge in [0.25, 0.3) is 0 Å². The van der Waals surface area contributed by atoms with Gasteiger partial charge in [-0.2, -0.15) is 4.31 Å². The van der Waals surface area contributed by atoms with Crippen LogP contribution in [0.4, 0.5) is 4.79 Å². The molecule has 3 rings (SSSR count). The molecule has 8 nitrogen and oxygen atoms in total. The number of benzene rings is 2. The molecule has 2 aromatic rings. The molecule has 0 aliphatic carbocycles. The predicted molar refractivity (Wildman–Crippen MR) is 118 cm³/mol. The Hall–Kier alpha value is -2.17. The molecule has 2 aromatic carbocycles. The third-order valence-corrected chi connectivity index (χ3v) is 7.41. The topological polar surface area (TPSA) is 98.8 Å². The Kier molecular flexibility index (Phi) is 7.90. The van der Waals surface area contributed by atoms with Gasteiger partial charge in [0, 0.05) is 32.7 Å². The summed E-state index contributed by atoms with van der Waals surface area (Å²) in [5, 5.41) is 5.36. The second kappa shape index (κ2) is 10.4. The summed E-state index contributed by atoms with van der Waals surface area (Å²) in [5.41, 5.74) is 0.921. The van der Waals surface area contributed by atoms with Crippen LogP contribution in [0.15, 0.2) is 53.4 Å². The Morgan fingerprint density at radius 1 is 0.935 bits per heavy atom. The lowest BCUT2D eigenvalue weighted by Crippen LogP contribution is -2.52. The lowest BCUT2D eigenvalue weighted by Gasteiger charge is -2.33. The summed E-state index contributed by atoms with van der Waals surface area (Å²) in [6.45, 7) is 1.47. The van der Waals surface area contributed by atoms with Crippen molar-refractivity contribution in [1.29, 1.82) is 0 Å². The fraction of sp³-hybridized carbons (Fsp3) is 0.300. The van der Waals surface area contributed by atoms with E-state index < -0.39 is 22.0 Å². The number of carbonyl (C=O) groups is 2. The van der Waals surface area contributed by atoms with Crippen LogP contribution in [-0.4, -0.2) is 62.3 Å². The van der Waals surface area contributed by atoms with Crippen LogP contribution in [0.5, 0.6) is 0 Å². The maximum Gasteiger partial charge on any atom is 0.321 e. The number of sulfonamides is 1.